The number of aryl methyl sites for hydroxylation is 1. The number of carbonyl (C=O) groups excluding carboxylic acids is 1. The quantitative estimate of drug-likeness (QED) is 0.518. The maximum Gasteiger partial charge on any atom is 0.255 e. The topological polar surface area (TPSA) is 76.3 Å². The van der Waals surface area contributed by atoms with E-state index in [1.54, 1.807) is 16.9 Å². The molecule has 0 atom stereocenters. The minimum Gasteiger partial charge on any atom is -0.331 e. The molecule has 7 heteroatoms. The Bertz CT molecular complexity index is 1200. The molecule has 0 aliphatic heterocycles. The second kappa shape index (κ2) is 7.82. The third kappa shape index (κ3) is 3.40. The number of aromatic nitrogens is 5. The van der Waals surface area contributed by atoms with Crippen molar-refractivity contribution in [3.05, 3.63) is 65.5 Å². The molecule has 3 heterocycles. The van der Waals surface area contributed by atoms with E-state index in [1.807, 2.05) is 17.0 Å². The van der Waals surface area contributed by atoms with Crippen LogP contribution < -0.4 is 0 Å². The monoisotopic (exact) mass is 400 g/mol. The minimum absolute atomic E-state index is 0.0182. The molecule has 0 N–H and O–H groups in total. The van der Waals surface area contributed by atoms with Crippen LogP contribution >= 0.6 is 0 Å². The normalized spacial score (nSPS) is 15.0. The fraction of sp³-hybridized carbons (Fsp3) is 0.348. The van der Waals surface area contributed by atoms with Crippen LogP contribution in [0.5, 0.6) is 0 Å². The number of rotatable bonds is 4. The number of tetrazole rings is 1. The van der Waals surface area contributed by atoms with Gasteiger partial charge in [0.2, 0.25) is 0 Å². The van der Waals surface area contributed by atoms with Crippen LogP contribution in [0.2, 0.25) is 0 Å². The summed E-state index contributed by atoms with van der Waals surface area (Å²) in [6.45, 7) is 2.53. The lowest BCUT2D eigenvalue weighted by atomic mass is 9.93. The van der Waals surface area contributed by atoms with E-state index in [0.717, 1.165) is 47.7 Å². The summed E-state index contributed by atoms with van der Waals surface area (Å²) in [5, 5.41) is 13.5. The lowest BCUT2D eigenvalue weighted by Gasteiger charge is -2.34. The van der Waals surface area contributed by atoms with E-state index in [9.17, 15) is 4.79 Å². The number of nitrogens with zero attached hydrogens (tertiary/aromatic N) is 6. The summed E-state index contributed by atoms with van der Waals surface area (Å²) in [5.41, 5.74) is 4.41. The molecule has 152 valence electrons. The summed E-state index contributed by atoms with van der Waals surface area (Å²) >= 11 is 0. The fourth-order valence-corrected chi connectivity index (χ4v) is 4.48. The smallest absolute Gasteiger partial charge is 0.255 e. The Labute approximate surface area is 174 Å². The summed E-state index contributed by atoms with van der Waals surface area (Å²) in [6.07, 6.45) is 8.94. The zero-order chi connectivity index (χ0) is 20.5. The van der Waals surface area contributed by atoms with Crippen molar-refractivity contribution in [2.24, 2.45) is 0 Å². The van der Waals surface area contributed by atoms with E-state index in [4.69, 9.17) is 0 Å². The molecule has 30 heavy (non-hydrogen) atoms. The van der Waals surface area contributed by atoms with E-state index in [2.05, 4.69) is 51.7 Å². The Morgan fingerprint density at radius 1 is 1.17 bits per heavy atom. The zero-order valence-corrected chi connectivity index (χ0v) is 17.0. The number of hydrogen-bond donors (Lipinski definition) is 0. The van der Waals surface area contributed by atoms with Gasteiger partial charge in [-0.1, -0.05) is 31.4 Å². The molecule has 1 aliphatic carbocycles. The molecule has 0 spiro atoms. The molecule has 0 bridgehead atoms. The first kappa shape index (κ1) is 18.7. The summed E-state index contributed by atoms with van der Waals surface area (Å²) in [5.74, 6) is 0.0182. The van der Waals surface area contributed by atoms with Gasteiger partial charge in [-0.15, -0.1) is 5.10 Å². The predicted octanol–water partition coefficient (Wildman–Crippen LogP) is 3.96. The van der Waals surface area contributed by atoms with E-state index >= 15 is 0 Å². The van der Waals surface area contributed by atoms with E-state index in [-0.39, 0.29) is 11.9 Å². The Hall–Kier alpha value is -3.35. The highest BCUT2D eigenvalue weighted by Crippen LogP contribution is 2.28. The molecule has 4 aromatic rings. The number of amides is 1. The van der Waals surface area contributed by atoms with Crippen LogP contribution in [0, 0.1) is 6.92 Å². The third-order valence-electron chi connectivity index (χ3n) is 6.03. The highest BCUT2D eigenvalue weighted by Gasteiger charge is 2.28. The molecular weight excluding hydrogens is 376 g/mol. The van der Waals surface area contributed by atoms with Crippen molar-refractivity contribution in [3.63, 3.8) is 0 Å². The molecule has 0 radical (unpaired) electrons. The van der Waals surface area contributed by atoms with Gasteiger partial charge in [-0.3, -0.25) is 9.78 Å². The number of pyridine rings is 2. The van der Waals surface area contributed by atoms with Gasteiger partial charge in [-0.25, -0.2) is 0 Å². The SMILES string of the molecule is Cc1ccc2cc(CN(C(=O)c3cccnc3)C3CCCCC3)c3nnnn3c2c1. The molecular formula is C23H24N6O. The first-order valence-corrected chi connectivity index (χ1v) is 10.5. The number of hydrogen-bond acceptors (Lipinski definition) is 5. The summed E-state index contributed by atoms with van der Waals surface area (Å²) in [6, 6.07) is 12.2. The van der Waals surface area contributed by atoms with Crippen LogP contribution in [0.3, 0.4) is 0 Å². The highest BCUT2D eigenvalue weighted by molar-refractivity contribution is 5.94. The summed E-state index contributed by atoms with van der Waals surface area (Å²) in [4.78, 5) is 19.6. The van der Waals surface area contributed by atoms with Gasteiger partial charge in [0.05, 0.1) is 17.6 Å². The summed E-state index contributed by atoms with van der Waals surface area (Å²) < 4.78 is 1.78. The Morgan fingerprint density at radius 3 is 2.83 bits per heavy atom. The van der Waals surface area contributed by atoms with Crippen molar-refractivity contribution < 1.29 is 4.79 Å². The van der Waals surface area contributed by atoms with Crippen LogP contribution in [0.25, 0.3) is 16.6 Å². The van der Waals surface area contributed by atoms with Gasteiger partial charge in [-0.05, 0) is 60.0 Å². The van der Waals surface area contributed by atoms with Crippen molar-refractivity contribution in [1.29, 1.82) is 0 Å². The lowest BCUT2D eigenvalue weighted by Crippen LogP contribution is -2.41. The number of fused-ring (bicyclic) bond motifs is 3. The van der Waals surface area contributed by atoms with Gasteiger partial charge < -0.3 is 4.90 Å². The predicted molar refractivity (Wildman–Crippen MR) is 114 cm³/mol. The van der Waals surface area contributed by atoms with E-state index in [1.165, 1.54) is 6.42 Å². The van der Waals surface area contributed by atoms with Crippen molar-refractivity contribution in [2.45, 2.75) is 51.6 Å². The third-order valence-corrected chi connectivity index (χ3v) is 6.03. The second-order valence-corrected chi connectivity index (χ2v) is 8.11. The average molecular weight is 400 g/mol. The molecule has 5 rings (SSSR count). The maximum absolute atomic E-state index is 13.5. The van der Waals surface area contributed by atoms with Crippen molar-refractivity contribution in [2.75, 3.05) is 0 Å². The lowest BCUT2D eigenvalue weighted by molar-refractivity contribution is 0.0614. The Balaban J connectivity index is 1.58. The van der Waals surface area contributed by atoms with E-state index < -0.39 is 0 Å². The fourth-order valence-electron chi connectivity index (χ4n) is 4.48. The first-order valence-electron chi connectivity index (χ1n) is 10.5. The number of carbonyl (C=O) groups is 1. The largest absolute Gasteiger partial charge is 0.331 e. The standard InChI is InChI=1S/C23H24N6O/c1-16-9-10-17-13-19(22-25-26-27-29(22)21(17)12-16)15-28(20-7-3-2-4-8-20)23(30)18-6-5-11-24-14-18/h5-6,9-14,20H,2-4,7-8,15H2,1H3. The molecule has 1 saturated carbocycles. The minimum atomic E-state index is 0.0182. The van der Waals surface area contributed by atoms with Gasteiger partial charge >= 0.3 is 0 Å². The van der Waals surface area contributed by atoms with Gasteiger partial charge in [0.25, 0.3) is 5.91 Å². The van der Waals surface area contributed by atoms with Gasteiger partial charge in [0.15, 0.2) is 5.65 Å². The Kier molecular flexibility index (Phi) is 4.86. The molecule has 1 amide bonds. The molecule has 7 nitrogen and oxygen atoms in total. The maximum atomic E-state index is 13.5. The molecule has 1 aliphatic rings. The molecule has 1 fully saturated rings. The van der Waals surface area contributed by atoms with Crippen molar-refractivity contribution in [3.8, 4) is 0 Å². The first-order chi connectivity index (χ1) is 14.7. The molecule has 3 aromatic heterocycles. The van der Waals surface area contributed by atoms with Crippen LogP contribution in [-0.2, 0) is 6.54 Å². The van der Waals surface area contributed by atoms with Gasteiger partial charge in [0.1, 0.15) is 0 Å². The Morgan fingerprint density at radius 2 is 2.03 bits per heavy atom. The molecule has 0 saturated heterocycles. The van der Waals surface area contributed by atoms with Crippen molar-refractivity contribution in [1.82, 2.24) is 29.9 Å². The van der Waals surface area contributed by atoms with Crippen LogP contribution in [0.15, 0.2) is 48.8 Å². The van der Waals surface area contributed by atoms with Gasteiger partial charge in [0, 0.05) is 29.4 Å². The van der Waals surface area contributed by atoms with Crippen LogP contribution in [0.1, 0.15) is 53.6 Å². The van der Waals surface area contributed by atoms with Gasteiger partial charge in [-0.2, -0.15) is 4.52 Å². The molecule has 1 aromatic carbocycles. The average Bonchev–Trinajstić information content (AvgIpc) is 3.29. The summed E-state index contributed by atoms with van der Waals surface area (Å²) in [7, 11) is 0. The number of benzene rings is 1. The van der Waals surface area contributed by atoms with E-state index in [0.29, 0.717) is 17.8 Å². The zero-order valence-electron chi connectivity index (χ0n) is 17.0. The molecule has 0 unspecified atom stereocenters. The van der Waals surface area contributed by atoms with Crippen LogP contribution in [0.4, 0.5) is 0 Å². The van der Waals surface area contributed by atoms with Crippen molar-refractivity contribution >= 4 is 22.5 Å². The van der Waals surface area contributed by atoms with Crippen LogP contribution in [-0.4, -0.2) is 41.9 Å². The highest BCUT2D eigenvalue weighted by atomic mass is 16.2. The second-order valence-electron chi connectivity index (χ2n) is 8.11.